The maximum Gasteiger partial charge on any atom is 0.124 e. The summed E-state index contributed by atoms with van der Waals surface area (Å²) in [6.07, 6.45) is 1.74. The third-order valence-corrected chi connectivity index (χ3v) is 2.87. The average molecular weight is 263 g/mol. The summed E-state index contributed by atoms with van der Waals surface area (Å²) in [5, 5.41) is 0.674. The van der Waals surface area contributed by atoms with Crippen LogP contribution >= 0.6 is 11.6 Å². The molecule has 18 heavy (non-hydrogen) atoms. The Morgan fingerprint density at radius 1 is 1.28 bits per heavy atom. The van der Waals surface area contributed by atoms with Gasteiger partial charge in [-0.25, -0.2) is 0 Å². The Hall–Kier alpha value is -1.58. The number of hydrogen-bond donors (Lipinski definition) is 1. The van der Waals surface area contributed by atoms with Crippen molar-refractivity contribution < 1.29 is 4.74 Å². The highest BCUT2D eigenvalue weighted by Crippen LogP contribution is 2.23. The van der Waals surface area contributed by atoms with E-state index in [1.807, 2.05) is 37.3 Å². The summed E-state index contributed by atoms with van der Waals surface area (Å²) in [6, 6.07) is 9.47. The Morgan fingerprint density at radius 3 is 2.89 bits per heavy atom. The summed E-state index contributed by atoms with van der Waals surface area (Å²) < 4.78 is 5.75. The molecule has 1 aromatic carbocycles. The summed E-state index contributed by atoms with van der Waals surface area (Å²) in [5.41, 5.74) is 8.52. The molecule has 0 saturated heterocycles. The van der Waals surface area contributed by atoms with Gasteiger partial charge in [0.05, 0.1) is 5.69 Å². The van der Waals surface area contributed by atoms with Crippen LogP contribution in [0, 0.1) is 6.92 Å². The minimum absolute atomic E-state index is 0.435. The molecule has 3 nitrogen and oxygen atoms in total. The van der Waals surface area contributed by atoms with Gasteiger partial charge < -0.3 is 10.5 Å². The third-order valence-electron chi connectivity index (χ3n) is 2.63. The Bertz CT molecular complexity index is 543. The lowest BCUT2D eigenvalue weighted by molar-refractivity contribution is 0.304. The van der Waals surface area contributed by atoms with Gasteiger partial charge >= 0.3 is 0 Å². The maximum absolute atomic E-state index is 5.94. The van der Waals surface area contributed by atoms with Crippen LogP contribution in [0.5, 0.6) is 5.75 Å². The summed E-state index contributed by atoms with van der Waals surface area (Å²) >= 11 is 5.94. The van der Waals surface area contributed by atoms with E-state index in [0.29, 0.717) is 18.2 Å². The first-order valence-electron chi connectivity index (χ1n) is 5.72. The Kier molecular flexibility index (Phi) is 4.18. The van der Waals surface area contributed by atoms with Crippen molar-refractivity contribution in [2.75, 3.05) is 0 Å². The summed E-state index contributed by atoms with van der Waals surface area (Å²) in [7, 11) is 0. The molecule has 1 heterocycles. The molecule has 1 aromatic heterocycles. The summed E-state index contributed by atoms with van der Waals surface area (Å²) in [6.45, 7) is 2.91. The number of ether oxygens (including phenoxy) is 1. The first-order valence-corrected chi connectivity index (χ1v) is 6.09. The quantitative estimate of drug-likeness (QED) is 0.921. The van der Waals surface area contributed by atoms with Gasteiger partial charge in [-0.1, -0.05) is 17.7 Å². The van der Waals surface area contributed by atoms with Gasteiger partial charge in [-0.2, -0.15) is 0 Å². The SMILES string of the molecule is Cc1ccc(Cl)cc1OCc1ccnc(CN)c1. The standard InChI is InChI=1S/C14H15ClN2O/c1-10-2-3-12(15)7-14(10)18-9-11-4-5-17-13(6-11)8-16/h2-7H,8-9,16H2,1H3. The van der Waals surface area contributed by atoms with Gasteiger partial charge in [-0.15, -0.1) is 0 Å². The van der Waals surface area contributed by atoms with Gasteiger partial charge in [0.1, 0.15) is 12.4 Å². The fourth-order valence-electron chi connectivity index (χ4n) is 1.62. The van der Waals surface area contributed by atoms with Crippen LogP contribution in [0.25, 0.3) is 0 Å². The molecule has 0 aliphatic heterocycles. The highest BCUT2D eigenvalue weighted by atomic mass is 35.5. The molecule has 0 aliphatic carbocycles. The van der Waals surface area contributed by atoms with Crippen molar-refractivity contribution in [1.82, 2.24) is 4.98 Å². The second-order valence-corrected chi connectivity index (χ2v) is 4.49. The molecule has 2 rings (SSSR count). The number of aryl methyl sites for hydroxylation is 1. The largest absolute Gasteiger partial charge is 0.489 e. The number of rotatable bonds is 4. The van der Waals surface area contributed by atoms with Gasteiger partial charge in [0, 0.05) is 17.8 Å². The van der Waals surface area contributed by atoms with Gasteiger partial charge in [0.2, 0.25) is 0 Å². The Labute approximate surface area is 112 Å². The molecular formula is C14H15ClN2O. The lowest BCUT2D eigenvalue weighted by Crippen LogP contribution is -2.02. The van der Waals surface area contributed by atoms with Gasteiger partial charge in [0.15, 0.2) is 0 Å². The first-order chi connectivity index (χ1) is 8.69. The Morgan fingerprint density at radius 2 is 2.11 bits per heavy atom. The molecule has 0 aliphatic rings. The summed E-state index contributed by atoms with van der Waals surface area (Å²) in [4.78, 5) is 4.14. The number of nitrogens with zero attached hydrogens (tertiary/aromatic N) is 1. The molecule has 0 amide bonds. The van der Waals surface area contributed by atoms with Crippen LogP contribution in [-0.4, -0.2) is 4.98 Å². The smallest absolute Gasteiger partial charge is 0.124 e. The highest BCUT2D eigenvalue weighted by Gasteiger charge is 2.02. The minimum atomic E-state index is 0.435. The molecule has 0 unspecified atom stereocenters. The fourth-order valence-corrected chi connectivity index (χ4v) is 1.78. The van der Waals surface area contributed by atoms with Crippen LogP contribution in [0.2, 0.25) is 5.02 Å². The van der Waals surface area contributed by atoms with E-state index in [2.05, 4.69) is 4.98 Å². The molecule has 0 bridgehead atoms. The van der Waals surface area contributed by atoms with E-state index in [1.54, 1.807) is 6.20 Å². The lowest BCUT2D eigenvalue weighted by Gasteiger charge is -2.10. The van der Waals surface area contributed by atoms with Gasteiger partial charge in [0.25, 0.3) is 0 Å². The van der Waals surface area contributed by atoms with E-state index >= 15 is 0 Å². The van der Waals surface area contributed by atoms with Crippen LogP contribution in [0.15, 0.2) is 36.5 Å². The topological polar surface area (TPSA) is 48.1 Å². The van der Waals surface area contributed by atoms with Crippen molar-refractivity contribution in [3.63, 3.8) is 0 Å². The molecule has 0 fully saturated rings. The fraction of sp³-hybridized carbons (Fsp3) is 0.214. The van der Waals surface area contributed by atoms with Crippen molar-refractivity contribution in [1.29, 1.82) is 0 Å². The zero-order valence-corrected chi connectivity index (χ0v) is 10.9. The number of pyridine rings is 1. The normalized spacial score (nSPS) is 10.4. The first kappa shape index (κ1) is 12.9. The van der Waals surface area contributed by atoms with Crippen molar-refractivity contribution in [3.8, 4) is 5.75 Å². The van der Waals surface area contributed by atoms with E-state index in [-0.39, 0.29) is 0 Å². The number of benzene rings is 1. The molecular weight excluding hydrogens is 248 g/mol. The van der Waals surface area contributed by atoms with E-state index in [0.717, 1.165) is 22.6 Å². The van der Waals surface area contributed by atoms with E-state index in [4.69, 9.17) is 22.1 Å². The zero-order valence-electron chi connectivity index (χ0n) is 10.2. The molecule has 0 saturated carbocycles. The number of aromatic nitrogens is 1. The molecule has 94 valence electrons. The van der Waals surface area contributed by atoms with Crippen molar-refractivity contribution >= 4 is 11.6 Å². The van der Waals surface area contributed by atoms with Crippen LogP contribution in [0.1, 0.15) is 16.8 Å². The average Bonchev–Trinajstić information content (AvgIpc) is 2.40. The van der Waals surface area contributed by atoms with Gasteiger partial charge in [-0.3, -0.25) is 4.98 Å². The van der Waals surface area contributed by atoms with Crippen LogP contribution in [0.3, 0.4) is 0 Å². The van der Waals surface area contributed by atoms with E-state index < -0.39 is 0 Å². The van der Waals surface area contributed by atoms with Gasteiger partial charge in [-0.05, 0) is 42.3 Å². The van der Waals surface area contributed by atoms with Crippen molar-refractivity contribution in [2.45, 2.75) is 20.1 Å². The molecule has 0 radical (unpaired) electrons. The van der Waals surface area contributed by atoms with Crippen molar-refractivity contribution in [3.05, 3.63) is 58.4 Å². The molecule has 2 aromatic rings. The number of halogens is 1. The van der Waals surface area contributed by atoms with E-state index in [9.17, 15) is 0 Å². The second-order valence-electron chi connectivity index (χ2n) is 4.06. The van der Waals surface area contributed by atoms with Crippen LogP contribution in [0.4, 0.5) is 0 Å². The Balaban J connectivity index is 2.08. The monoisotopic (exact) mass is 262 g/mol. The van der Waals surface area contributed by atoms with Crippen molar-refractivity contribution in [2.24, 2.45) is 5.73 Å². The third kappa shape index (κ3) is 3.22. The molecule has 0 spiro atoms. The predicted octanol–water partition coefficient (Wildman–Crippen LogP) is 3.08. The second kappa shape index (κ2) is 5.85. The van der Waals surface area contributed by atoms with E-state index in [1.165, 1.54) is 0 Å². The molecule has 4 heteroatoms. The molecule has 2 N–H and O–H groups in total. The summed E-state index contributed by atoms with van der Waals surface area (Å²) in [5.74, 6) is 0.800. The maximum atomic E-state index is 5.94. The highest BCUT2D eigenvalue weighted by molar-refractivity contribution is 6.30. The zero-order chi connectivity index (χ0) is 13.0. The number of hydrogen-bond acceptors (Lipinski definition) is 3. The van der Waals surface area contributed by atoms with Crippen LogP contribution < -0.4 is 10.5 Å². The molecule has 0 atom stereocenters. The minimum Gasteiger partial charge on any atom is -0.489 e. The predicted molar refractivity (Wildman–Crippen MR) is 72.6 cm³/mol. The number of nitrogens with two attached hydrogens (primary N) is 1. The van der Waals surface area contributed by atoms with Crippen LogP contribution in [-0.2, 0) is 13.2 Å². The lowest BCUT2D eigenvalue weighted by atomic mass is 10.2.